The fourth-order valence-corrected chi connectivity index (χ4v) is 2.51. The van der Waals surface area contributed by atoms with Crippen LogP contribution in [0, 0.1) is 11.8 Å². The highest BCUT2D eigenvalue weighted by Crippen LogP contribution is 2.08. The van der Waals surface area contributed by atoms with Crippen molar-refractivity contribution in [3.8, 4) is 11.8 Å². The molecule has 0 heterocycles. The van der Waals surface area contributed by atoms with Gasteiger partial charge in [0.1, 0.15) is 0 Å². The van der Waals surface area contributed by atoms with E-state index in [-0.39, 0.29) is 5.97 Å². The summed E-state index contributed by atoms with van der Waals surface area (Å²) in [6.45, 7) is 12.3. The lowest BCUT2D eigenvalue weighted by atomic mass is 10.1. The summed E-state index contributed by atoms with van der Waals surface area (Å²) in [5, 5.41) is 0. The standard InChI is InChI=1S/C23H34ClNO2/c1-4-19-25(20-5-2)21-15-11-13-17-22(23(26)27-6-3)16-12-9-7-8-10-14-18-24/h4-5,11,13,17H,1-2,6,8,10,12,14-16,18-21H2,3H3/b13-11-,22-17-. The third kappa shape index (κ3) is 15.0. The molecule has 0 radical (unpaired) electrons. The lowest BCUT2D eigenvalue weighted by Crippen LogP contribution is -2.24. The number of ether oxygens (including phenoxy) is 1. The van der Waals surface area contributed by atoms with Crippen molar-refractivity contribution < 1.29 is 9.53 Å². The van der Waals surface area contributed by atoms with Crippen LogP contribution in [0.15, 0.2) is 49.1 Å². The number of alkyl halides is 1. The first kappa shape index (κ1) is 25.2. The second-order valence-corrected chi connectivity index (χ2v) is 6.34. The van der Waals surface area contributed by atoms with E-state index in [9.17, 15) is 4.79 Å². The van der Waals surface area contributed by atoms with Crippen molar-refractivity contribution in [3.63, 3.8) is 0 Å². The van der Waals surface area contributed by atoms with Gasteiger partial charge in [-0.15, -0.1) is 36.6 Å². The molecule has 0 aliphatic rings. The van der Waals surface area contributed by atoms with Gasteiger partial charge in [-0.2, -0.15) is 0 Å². The highest BCUT2D eigenvalue weighted by molar-refractivity contribution is 6.17. The molecule has 0 saturated carbocycles. The molecule has 0 aliphatic carbocycles. The molecule has 0 fully saturated rings. The number of nitrogens with zero attached hydrogens (tertiary/aromatic N) is 1. The predicted molar refractivity (Wildman–Crippen MR) is 117 cm³/mol. The summed E-state index contributed by atoms with van der Waals surface area (Å²) in [5.41, 5.74) is 0.664. The van der Waals surface area contributed by atoms with Gasteiger partial charge in [0, 0.05) is 43.9 Å². The second kappa shape index (κ2) is 19.0. The minimum absolute atomic E-state index is 0.258. The Bertz CT molecular complexity index is 530. The number of hydrogen-bond acceptors (Lipinski definition) is 3. The zero-order valence-corrected chi connectivity index (χ0v) is 17.5. The fraction of sp³-hybridized carbons (Fsp3) is 0.522. The molecular weight excluding hydrogens is 358 g/mol. The van der Waals surface area contributed by atoms with Crippen LogP contribution in [0.5, 0.6) is 0 Å². The van der Waals surface area contributed by atoms with Crippen molar-refractivity contribution in [2.24, 2.45) is 0 Å². The van der Waals surface area contributed by atoms with Gasteiger partial charge in [0.05, 0.1) is 6.61 Å². The quantitative estimate of drug-likeness (QED) is 0.0722. The number of unbranched alkanes of at least 4 members (excludes halogenated alkanes) is 2. The van der Waals surface area contributed by atoms with Gasteiger partial charge >= 0.3 is 5.97 Å². The number of halogens is 1. The van der Waals surface area contributed by atoms with Gasteiger partial charge in [0.2, 0.25) is 0 Å². The lowest BCUT2D eigenvalue weighted by Gasteiger charge is -2.17. The molecular formula is C23H34ClNO2. The first-order chi connectivity index (χ1) is 13.2. The Balaban J connectivity index is 4.53. The van der Waals surface area contributed by atoms with E-state index in [1.165, 1.54) is 0 Å². The number of hydrogen-bond donors (Lipinski definition) is 0. The highest BCUT2D eigenvalue weighted by atomic mass is 35.5. The molecule has 0 atom stereocenters. The molecule has 3 nitrogen and oxygen atoms in total. The second-order valence-electron chi connectivity index (χ2n) is 5.97. The molecule has 0 spiro atoms. The maximum atomic E-state index is 12.1. The van der Waals surface area contributed by atoms with Crippen LogP contribution < -0.4 is 0 Å². The summed E-state index contributed by atoms with van der Waals surface area (Å²) in [5.74, 6) is 6.68. The van der Waals surface area contributed by atoms with Crippen molar-refractivity contribution in [3.05, 3.63) is 49.1 Å². The van der Waals surface area contributed by atoms with E-state index < -0.39 is 0 Å². The maximum absolute atomic E-state index is 12.1. The largest absolute Gasteiger partial charge is 0.463 e. The number of carbonyl (C=O) groups is 1. The van der Waals surface area contributed by atoms with Crippen molar-refractivity contribution in [2.45, 2.75) is 45.4 Å². The topological polar surface area (TPSA) is 29.5 Å². The van der Waals surface area contributed by atoms with Gasteiger partial charge < -0.3 is 4.74 Å². The van der Waals surface area contributed by atoms with Gasteiger partial charge in [-0.1, -0.05) is 30.4 Å². The van der Waals surface area contributed by atoms with Crippen molar-refractivity contribution in [2.75, 3.05) is 32.1 Å². The Morgan fingerprint density at radius 1 is 1.15 bits per heavy atom. The summed E-state index contributed by atoms with van der Waals surface area (Å²) in [7, 11) is 0. The van der Waals surface area contributed by atoms with E-state index in [0.29, 0.717) is 30.9 Å². The Morgan fingerprint density at radius 2 is 1.85 bits per heavy atom. The van der Waals surface area contributed by atoms with Crippen molar-refractivity contribution in [1.82, 2.24) is 4.90 Å². The van der Waals surface area contributed by atoms with Crippen LogP contribution in [0.3, 0.4) is 0 Å². The molecule has 0 aliphatic heterocycles. The van der Waals surface area contributed by atoms with Crippen molar-refractivity contribution >= 4 is 17.6 Å². The molecule has 0 N–H and O–H groups in total. The normalized spacial score (nSPS) is 11.3. The Hall–Kier alpha value is -1.76. The molecule has 0 aromatic rings. The predicted octanol–water partition coefficient (Wildman–Crippen LogP) is 5.29. The van der Waals surface area contributed by atoms with Crippen LogP contribution in [0.2, 0.25) is 0 Å². The maximum Gasteiger partial charge on any atom is 0.334 e. The Labute approximate surface area is 170 Å². The molecule has 150 valence electrons. The van der Waals surface area contributed by atoms with Crippen molar-refractivity contribution in [1.29, 1.82) is 0 Å². The smallest absolute Gasteiger partial charge is 0.334 e. The first-order valence-electron chi connectivity index (χ1n) is 9.68. The summed E-state index contributed by atoms with van der Waals surface area (Å²) in [6.07, 6.45) is 14.7. The molecule has 27 heavy (non-hydrogen) atoms. The van der Waals surface area contributed by atoms with E-state index in [2.05, 4.69) is 36.0 Å². The number of carbonyl (C=O) groups excluding carboxylic acids is 1. The molecule has 0 saturated heterocycles. The molecule has 0 bridgehead atoms. The lowest BCUT2D eigenvalue weighted by molar-refractivity contribution is -0.138. The third-order valence-electron chi connectivity index (χ3n) is 3.69. The summed E-state index contributed by atoms with van der Waals surface area (Å²) < 4.78 is 5.14. The number of allylic oxidation sites excluding steroid dienone is 2. The number of rotatable bonds is 15. The minimum Gasteiger partial charge on any atom is -0.463 e. The van der Waals surface area contributed by atoms with E-state index >= 15 is 0 Å². The van der Waals surface area contributed by atoms with Crippen LogP contribution in [-0.4, -0.2) is 43.0 Å². The summed E-state index contributed by atoms with van der Waals surface area (Å²) in [6, 6.07) is 0. The monoisotopic (exact) mass is 391 g/mol. The molecule has 0 rings (SSSR count). The average Bonchev–Trinajstić information content (AvgIpc) is 2.65. The van der Waals surface area contributed by atoms with Crippen LogP contribution in [0.4, 0.5) is 0 Å². The number of esters is 1. The molecule has 4 heteroatoms. The van der Waals surface area contributed by atoms with Crippen LogP contribution in [0.25, 0.3) is 0 Å². The molecule has 0 aromatic heterocycles. The van der Waals surface area contributed by atoms with E-state index in [4.69, 9.17) is 16.3 Å². The van der Waals surface area contributed by atoms with Gasteiger partial charge in [-0.05, 0) is 32.6 Å². The van der Waals surface area contributed by atoms with E-state index in [1.807, 2.05) is 31.2 Å². The highest BCUT2D eigenvalue weighted by Gasteiger charge is 2.08. The van der Waals surface area contributed by atoms with Gasteiger partial charge in [0.15, 0.2) is 0 Å². The van der Waals surface area contributed by atoms with Gasteiger partial charge in [-0.25, -0.2) is 4.79 Å². The van der Waals surface area contributed by atoms with E-state index in [0.717, 1.165) is 45.3 Å². The van der Waals surface area contributed by atoms with Crippen LogP contribution in [0.1, 0.15) is 45.4 Å². The fourth-order valence-electron chi connectivity index (χ4n) is 2.32. The SMILES string of the molecule is C=CCN(CC=C)CC/C=C\C=C(\CCC#CCCCCCl)C(=O)OCC. The zero-order chi connectivity index (χ0) is 20.2. The van der Waals surface area contributed by atoms with E-state index in [1.54, 1.807) is 0 Å². The van der Waals surface area contributed by atoms with Crippen LogP contribution in [-0.2, 0) is 9.53 Å². The summed E-state index contributed by atoms with van der Waals surface area (Å²) >= 11 is 5.64. The molecule has 0 amide bonds. The van der Waals surface area contributed by atoms with Gasteiger partial charge in [-0.3, -0.25) is 4.90 Å². The zero-order valence-electron chi connectivity index (χ0n) is 16.7. The Morgan fingerprint density at radius 3 is 2.48 bits per heavy atom. The van der Waals surface area contributed by atoms with Crippen LogP contribution >= 0.6 is 11.6 Å². The summed E-state index contributed by atoms with van der Waals surface area (Å²) in [4.78, 5) is 14.3. The first-order valence-corrected chi connectivity index (χ1v) is 10.2. The molecule has 0 aromatic carbocycles. The molecule has 0 unspecified atom stereocenters. The Kier molecular flexibility index (Phi) is 17.8. The van der Waals surface area contributed by atoms with Gasteiger partial charge in [0.25, 0.3) is 0 Å². The third-order valence-corrected chi connectivity index (χ3v) is 3.95. The minimum atomic E-state index is -0.258. The average molecular weight is 392 g/mol.